The zero-order valence-electron chi connectivity index (χ0n) is 16.7. The Labute approximate surface area is 174 Å². The van der Waals surface area contributed by atoms with Crippen LogP contribution in [0.15, 0.2) is 54.6 Å². The number of nitrogens with zero attached hydrogens (tertiary/aromatic N) is 3. The maximum absolute atomic E-state index is 13.0. The lowest BCUT2D eigenvalue weighted by molar-refractivity contribution is -0.126. The van der Waals surface area contributed by atoms with E-state index in [4.69, 9.17) is 0 Å². The summed E-state index contributed by atoms with van der Waals surface area (Å²) >= 11 is 0. The van der Waals surface area contributed by atoms with Crippen molar-refractivity contribution >= 4 is 23.2 Å². The van der Waals surface area contributed by atoms with Gasteiger partial charge in [-0.05, 0) is 37.5 Å². The number of carbonyl (C=O) groups excluding carboxylic acids is 2. The largest absolute Gasteiger partial charge is 0.365 e. The molecule has 152 valence electrons. The van der Waals surface area contributed by atoms with Gasteiger partial charge in [-0.25, -0.2) is 4.68 Å². The summed E-state index contributed by atoms with van der Waals surface area (Å²) in [6.07, 6.45) is 2.31. The summed E-state index contributed by atoms with van der Waals surface area (Å²) < 4.78 is 1.71. The average Bonchev–Trinajstić information content (AvgIpc) is 3.18. The summed E-state index contributed by atoms with van der Waals surface area (Å²) in [5, 5.41) is 14.8. The minimum atomic E-state index is -0.319. The van der Waals surface area contributed by atoms with Crippen LogP contribution < -0.4 is 10.6 Å². The van der Waals surface area contributed by atoms with Crippen molar-refractivity contribution in [2.75, 3.05) is 10.6 Å². The van der Waals surface area contributed by atoms with E-state index < -0.39 is 0 Å². The SMILES string of the molecule is Cc1ccc(NC(=O)c2nnn3c2NC2CCCC(=O)C2C3c2ccccc2)cc1. The highest BCUT2D eigenvalue weighted by Crippen LogP contribution is 2.42. The number of hydrogen-bond donors (Lipinski definition) is 2. The van der Waals surface area contributed by atoms with E-state index in [2.05, 4.69) is 20.9 Å². The molecule has 2 N–H and O–H groups in total. The van der Waals surface area contributed by atoms with Crippen LogP contribution in [-0.2, 0) is 4.79 Å². The van der Waals surface area contributed by atoms with E-state index in [-0.39, 0.29) is 35.4 Å². The van der Waals surface area contributed by atoms with Crippen molar-refractivity contribution in [3.05, 3.63) is 71.4 Å². The first-order valence-corrected chi connectivity index (χ1v) is 10.3. The van der Waals surface area contributed by atoms with Crippen LogP contribution >= 0.6 is 0 Å². The summed E-state index contributed by atoms with van der Waals surface area (Å²) in [6, 6.07) is 17.2. The fraction of sp³-hybridized carbons (Fsp3) is 0.304. The van der Waals surface area contributed by atoms with E-state index in [1.54, 1.807) is 4.68 Å². The van der Waals surface area contributed by atoms with Gasteiger partial charge in [0.15, 0.2) is 11.5 Å². The van der Waals surface area contributed by atoms with Gasteiger partial charge in [-0.2, -0.15) is 0 Å². The monoisotopic (exact) mass is 401 g/mol. The van der Waals surface area contributed by atoms with Gasteiger partial charge in [-0.1, -0.05) is 53.2 Å². The molecule has 1 aromatic heterocycles. The van der Waals surface area contributed by atoms with Gasteiger partial charge in [-0.3, -0.25) is 9.59 Å². The number of amides is 1. The van der Waals surface area contributed by atoms with Crippen LogP contribution in [0.25, 0.3) is 0 Å². The highest BCUT2D eigenvalue weighted by atomic mass is 16.2. The summed E-state index contributed by atoms with van der Waals surface area (Å²) in [7, 11) is 0. The molecule has 0 bridgehead atoms. The molecular formula is C23H23N5O2. The number of Topliss-reactive ketones (excluding diaryl/α,β-unsaturated/α-hetero) is 1. The van der Waals surface area contributed by atoms with Gasteiger partial charge in [0.1, 0.15) is 5.78 Å². The fourth-order valence-electron chi connectivity index (χ4n) is 4.55. The second-order valence-electron chi connectivity index (χ2n) is 8.04. The Bertz CT molecular complexity index is 1090. The molecule has 5 rings (SSSR count). The zero-order chi connectivity index (χ0) is 20.7. The molecule has 1 aliphatic carbocycles. The van der Waals surface area contributed by atoms with Crippen molar-refractivity contribution in [1.29, 1.82) is 0 Å². The lowest BCUT2D eigenvalue weighted by Crippen LogP contribution is -2.48. The first kappa shape index (κ1) is 18.5. The number of anilines is 2. The van der Waals surface area contributed by atoms with E-state index in [9.17, 15) is 9.59 Å². The zero-order valence-corrected chi connectivity index (χ0v) is 16.7. The number of nitrogens with one attached hydrogen (secondary N) is 2. The van der Waals surface area contributed by atoms with Gasteiger partial charge in [-0.15, -0.1) is 5.10 Å². The second-order valence-corrected chi connectivity index (χ2v) is 8.04. The maximum atomic E-state index is 13.0. The van der Waals surface area contributed by atoms with Crippen LogP contribution in [0.4, 0.5) is 11.5 Å². The van der Waals surface area contributed by atoms with Crippen molar-refractivity contribution in [1.82, 2.24) is 15.0 Å². The summed E-state index contributed by atoms with van der Waals surface area (Å²) in [4.78, 5) is 25.8. The Morgan fingerprint density at radius 1 is 1.13 bits per heavy atom. The Morgan fingerprint density at radius 2 is 1.90 bits per heavy atom. The van der Waals surface area contributed by atoms with E-state index in [1.807, 2.05) is 61.5 Å². The molecule has 2 aliphatic rings. The van der Waals surface area contributed by atoms with Gasteiger partial charge in [0.05, 0.1) is 12.0 Å². The highest BCUT2D eigenvalue weighted by Gasteiger charge is 2.45. The average molecular weight is 401 g/mol. The molecule has 3 atom stereocenters. The molecular weight excluding hydrogens is 378 g/mol. The molecule has 1 saturated carbocycles. The summed E-state index contributed by atoms with van der Waals surface area (Å²) in [5.74, 6) is 0.271. The van der Waals surface area contributed by atoms with Crippen molar-refractivity contribution in [3.8, 4) is 0 Å². The molecule has 7 nitrogen and oxygen atoms in total. The number of hydrogen-bond acceptors (Lipinski definition) is 5. The molecule has 2 heterocycles. The smallest absolute Gasteiger partial charge is 0.280 e. The number of benzene rings is 2. The summed E-state index contributed by atoms with van der Waals surface area (Å²) in [5.41, 5.74) is 3.07. The minimum absolute atomic E-state index is 0.0339. The predicted octanol–water partition coefficient (Wildman–Crippen LogP) is 3.59. The van der Waals surface area contributed by atoms with Crippen LogP contribution in [0.3, 0.4) is 0 Å². The Kier molecular flexibility index (Phi) is 4.58. The predicted molar refractivity (Wildman–Crippen MR) is 113 cm³/mol. The molecule has 7 heteroatoms. The van der Waals surface area contributed by atoms with Crippen LogP contribution in [0.5, 0.6) is 0 Å². The molecule has 3 unspecified atom stereocenters. The van der Waals surface area contributed by atoms with Crippen LogP contribution in [0.1, 0.15) is 46.9 Å². The van der Waals surface area contributed by atoms with E-state index in [1.165, 1.54) is 0 Å². The van der Waals surface area contributed by atoms with Gasteiger partial charge in [0, 0.05) is 18.2 Å². The molecule has 1 aliphatic heterocycles. The highest BCUT2D eigenvalue weighted by molar-refractivity contribution is 6.06. The third-order valence-electron chi connectivity index (χ3n) is 6.03. The van der Waals surface area contributed by atoms with Crippen molar-refractivity contribution in [2.45, 2.75) is 38.3 Å². The van der Waals surface area contributed by atoms with Gasteiger partial charge < -0.3 is 10.6 Å². The lowest BCUT2D eigenvalue weighted by atomic mass is 9.75. The number of ketones is 1. The summed E-state index contributed by atoms with van der Waals surface area (Å²) in [6.45, 7) is 2.00. The van der Waals surface area contributed by atoms with Crippen LogP contribution in [0, 0.1) is 12.8 Å². The fourth-order valence-corrected chi connectivity index (χ4v) is 4.55. The number of fused-ring (bicyclic) bond motifs is 2. The maximum Gasteiger partial charge on any atom is 0.280 e. The molecule has 0 spiro atoms. The first-order valence-electron chi connectivity index (χ1n) is 10.3. The molecule has 0 saturated heterocycles. The molecule has 3 aromatic rings. The number of carbonyl (C=O) groups is 2. The van der Waals surface area contributed by atoms with E-state index >= 15 is 0 Å². The third-order valence-corrected chi connectivity index (χ3v) is 6.03. The molecule has 30 heavy (non-hydrogen) atoms. The molecule has 2 aromatic carbocycles. The first-order chi connectivity index (χ1) is 14.6. The Balaban J connectivity index is 1.53. The number of aryl methyl sites for hydroxylation is 1. The molecule has 0 radical (unpaired) electrons. The Hall–Kier alpha value is -3.48. The van der Waals surface area contributed by atoms with Gasteiger partial charge >= 0.3 is 0 Å². The molecule has 1 fully saturated rings. The van der Waals surface area contributed by atoms with Crippen LogP contribution in [0.2, 0.25) is 0 Å². The third kappa shape index (κ3) is 3.16. The quantitative estimate of drug-likeness (QED) is 0.700. The topological polar surface area (TPSA) is 88.9 Å². The lowest BCUT2D eigenvalue weighted by Gasteiger charge is -2.41. The number of aromatic nitrogens is 3. The molecule has 1 amide bonds. The van der Waals surface area contributed by atoms with Crippen molar-refractivity contribution in [2.24, 2.45) is 5.92 Å². The van der Waals surface area contributed by atoms with Gasteiger partial charge in [0.2, 0.25) is 0 Å². The second kappa shape index (κ2) is 7.40. The minimum Gasteiger partial charge on any atom is -0.365 e. The normalized spacial score (nSPS) is 22.6. The van der Waals surface area contributed by atoms with Crippen molar-refractivity contribution in [3.63, 3.8) is 0 Å². The van der Waals surface area contributed by atoms with E-state index in [0.29, 0.717) is 17.9 Å². The number of rotatable bonds is 3. The van der Waals surface area contributed by atoms with Crippen LogP contribution in [-0.4, -0.2) is 32.7 Å². The Morgan fingerprint density at radius 3 is 2.67 bits per heavy atom. The van der Waals surface area contributed by atoms with E-state index in [0.717, 1.165) is 24.0 Å². The van der Waals surface area contributed by atoms with Crippen molar-refractivity contribution < 1.29 is 9.59 Å². The van der Waals surface area contributed by atoms with Gasteiger partial charge in [0.25, 0.3) is 5.91 Å². The standard InChI is InChI=1S/C23H23N5O2/c1-14-10-12-16(13-11-14)24-23(30)20-22-25-17-8-5-9-18(29)19(17)21(28(22)27-26-20)15-6-3-2-4-7-15/h2-4,6-7,10-13,17,19,21,25H,5,8-9H2,1H3,(H,24,30).